The van der Waals surface area contributed by atoms with Crippen LogP contribution in [0.3, 0.4) is 0 Å². The highest BCUT2D eigenvalue weighted by Crippen LogP contribution is 2.28. The molecule has 0 unspecified atom stereocenters. The standard InChI is InChI=1S/C24H34N6O2S/c1-17-12-18(2)16-30(15-17)22-13-21(29-8-10-32-11-9-29)26-23(27-22)28-24(33)25-14-19-4-6-20(31-3)7-5-19/h4-7,13,17-18H,8-12,14-16H2,1-3H3,(H2,25,26,27,28,33)/t17-,18-/m1/s1. The molecule has 4 rings (SSSR count). The number of methoxy groups -OCH3 is 1. The van der Waals surface area contributed by atoms with Crippen molar-refractivity contribution in [2.75, 3.05) is 61.6 Å². The van der Waals surface area contributed by atoms with Gasteiger partial charge in [-0.3, -0.25) is 0 Å². The number of thiocarbonyl (C=S) groups is 1. The number of hydrogen-bond acceptors (Lipinski definition) is 7. The predicted molar refractivity (Wildman–Crippen MR) is 136 cm³/mol. The number of morpholine rings is 1. The van der Waals surface area contributed by atoms with Crippen molar-refractivity contribution in [2.24, 2.45) is 11.8 Å². The molecule has 33 heavy (non-hydrogen) atoms. The van der Waals surface area contributed by atoms with Crippen LogP contribution in [0.5, 0.6) is 5.75 Å². The lowest BCUT2D eigenvalue weighted by atomic mass is 9.92. The van der Waals surface area contributed by atoms with Crippen molar-refractivity contribution in [1.29, 1.82) is 0 Å². The fraction of sp³-hybridized carbons (Fsp3) is 0.542. The van der Waals surface area contributed by atoms with E-state index in [2.05, 4.69) is 40.3 Å². The summed E-state index contributed by atoms with van der Waals surface area (Å²) in [5.41, 5.74) is 1.11. The Morgan fingerprint density at radius 2 is 1.70 bits per heavy atom. The van der Waals surface area contributed by atoms with Gasteiger partial charge in [0.15, 0.2) is 5.11 Å². The van der Waals surface area contributed by atoms with E-state index in [9.17, 15) is 0 Å². The highest BCUT2D eigenvalue weighted by molar-refractivity contribution is 7.80. The number of hydrogen-bond donors (Lipinski definition) is 2. The molecule has 2 fully saturated rings. The highest BCUT2D eigenvalue weighted by atomic mass is 32.1. The molecule has 0 bridgehead atoms. The summed E-state index contributed by atoms with van der Waals surface area (Å²) in [4.78, 5) is 14.3. The van der Waals surface area contributed by atoms with Crippen LogP contribution >= 0.6 is 12.2 Å². The van der Waals surface area contributed by atoms with Crippen LogP contribution in [-0.2, 0) is 11.3 Å². The number of nitrogens with one attached hydrogen (secondary N) is 2. The van der Waals surface area contributed by atoms with E-state index in [1.807, 2.05) is 24.3 Å². The Kier molecular flexibility index (Phi) is 7.82. The van der Waals surface area contributed by atoms with Crippen LogP contribution in [0.25, 0.3) is 0 Å². The molecule has 0 aliphatic carbocycles. The number of nitrogens with zero attached hydrogens (tertiary/aromatic N) is 4. The summed E-state index contributed by atoms with van der Waals surface area (Å²) in [5, 5.41) is 6.95. The van der Waals surface area contributed by atoms with Crippen LogP contribution in [0.1, 0.15) is 25.8 Å². The first-order chi connectivity index (χ1) is 16.0. The average molecular weight is 471 g/mol. The van der Waals surface area contributed by atoms with Crippen molar-refractivity contribution in [3.05, 3.63) is 35.9 Å². The van der Waals surface area contributed by atoms with E-state index >= 15 is 0 Å². The maximum Gasteiger partial charge on any atom is 0.232 e. The molecule has 9 heteroatoms. The molecule has 2 aromatic rings. The molecule has 8 nitrogen and oxygen atoms in total. The van der Waals surface area contributed by atoms with Crippen LogP contribution in [-0.4, -0.2) is 61.6 Å². The average Bonchev–Trinajstić information content (AvgIpc) is 2.83. The molecular formula is C24H34N6O2S. The number of anilines is 3. The van der Waals surface area contributed by atoms with Gasteiger partial charge in [0.05, 0.1) is 20.3 Å². The minimum atomic E-state index is 0.497. The quantitative estimate of drug-likeness (QED) is 0.619. The highest BCUT2D eigenvalue weighted by Gasteiger charge is 2.25. The molecular weight excluding hydrogens is 436 g/mol. The number of ether oxygens (including phenoxy) is 2. The summed E-state index contributed by atoms with van der Waals surface area (Å²) in [6, 6.07) is 10.0. The summed E-state index contributed by atoms with van der Waals surface area (Å²) in [6.07, 6.45) is 1.25. The van der Waals surface area contributed by atoms with Crippen molar-refractivity contribution in [2.45, 2.75) is 26.8 Å². The molecule has 2 N–H and O–H groups in total. The molecule has 2 aliphatic heterocycles. The Morgan fingerprint density at radius 3 is 2.33 bits per heavy atom. The normalized spacial score (nSPS) is 20.9. The lowest BCUT2D eigenvalue weighted by Gasteiger charge is -2.36. The van der Waals surface area contributed by atoms with Crippen LogP contribution in [0.4, 0.5) is 17.6 Å². The van der Waals surface area contributed by atoms with Crippen molar-refractivity contribution in [3.63, 3.8) is 0 Å². The van der Waals surface area contributed by atoms with Gasteiger partial charge in [0.25, 0.3) is 0 Å². The topological polar surface area (TPSA) is 74.8 Å². The molecule has 0 saturated carbocycles. The Morgan fingerprint density at radius 1 is 1.06 bits per heavy atom. The van der Waals surface area contributed by atoms with Gasteiger partial charge in [0.2, 0.25) is 5.95 Å². The smallest absolute Gasteiger partial charge is 0.232 e. The summed E-state index contributed by atoms with van der Waals surface area (Å²) in [5.74, 6) is 4.49. The third kappa shape index (κ3) is 6.45. The lowest BCUT2D eigenvalue weighted by Crippen LogP contribution is -2.40. The Balaban J connectivity index is 1.48. The Labute approximate surface area is 201 Å². The van der Waals surface area contributed by atoms with Gasteiger partial charge in [-0.25, -0.2) is 0 Å². The maximum absolute atomic E-state index is 5.55. The summed E-state index contributed by atoms with van der Waals surface area (Å²) >= 11 is 5.55. The largest absolute Gasteiger partial charge is 0.497 e. The van der Waals surface area contributed by atoms with Gasteiger partial charge in [0, 0.05) is 38.8 Å². The molecule has 3 heterocycles. The molecule has 2 saturated heterocycles. The second-order valence-electron chi connectivity index (χ2n) is 9.01. The van der Waals surface area contributed by atoms with Crippen LogP contribution in [0.2, 0.25) is 0 Å². The number of piperidine rings is 1. The molecule has 0 spiro atoms. The first-order valence-corrected chi connectivity index (χ1v) is 12.1. The van der Waals surface area contributed by atoms with E-state index in [0.29, 0.717) is 42.7 Å². The van der Waals surface area contributed by atoms with Crippen LogP contribution in [0.15, 0.2) is 30.3 Å². The van der Waals surface area contributed by atoms with Crippen molar-refractivity contribution >= 4 is 34.9 Å². The molecule has 2 atom stereocenters. The Hall–Kier alpha value is -2.65. The van der Waals surface area contributed by atoms with Gasteiger partial charge in [-0.1, -0.05) is 26.0 Å². The van der Waals surface area contributed by atoms with Gasteiger partial charge < -0.3 is 29.9 Å². The van der Waals surface area contributed by atoms with E-state index < -0.39 is 0 Å². The first-order valence-electron chi connectivity index (χ1n) is 11.6. The molecule has 2 aliphatic rings. The summed E-state index contributed by atoms with van der Waals surface area (Å²) < 4.78 is 10.7. The van der Waals surface area contributed by atoms with E-state index in [1.54, 1.807) is 7.11 Å². The summed E-state index contributed by atoms with van der Waals surface area (Å²) in [7, 11) is 1.66. The van der Waals surface area contributed by atoms with Crippen LogP contribution in [0, 0.1) is 11.8 Å². The second-order valence-corrected chi connectivity index (χ2v) is 9.42. The molecule has 0 radical (unpaired) electrons. The third-order valence-electron chi connectivity index (χ3n) is 6.06. The molecule has 1 aromatic carbocycles. The van der Waals surface area contributed by atoms with Gasteiger partial charge in [0.1, 0.15) is 17.4 Å². The third-order valence-corrected chi connectivity index (χ3v) is 6.31. The van der Waals surface area contributed by atoms with Crippen molar-refractivity contribution < 1.29 is 9.47 Å². The second kappa shape index (κ2) is 11.0. The first kappa shape index (κ1) is 23.5. The van der Waals surface area contributed by atoms with Gasteiger partial charge in [-0.05, 0) is 48.2 Å². The number of aromatic nitrogens is 2. The van der Waals surface area contributed by atoms with Crippen LogP contribution < -0.4 is 25.2 Å². The maximum atomic E-state index is 5.55. The minimum absolute atomic E-state index is 0.497. The molecule has 0 amide bonds. The zero-order chi connectivity index (χ0) is 23.2. The van der Waals surface area contributed by atoms with Crippen molar-refractivity contribution in [3.8, 4) is 5.75 Å². The monoisotopic (exact) mass is 470 g/mol. The predicted octanol–water partition coefficient (Wildman–Crippen LogP) is 3.29. The molecule has 1 aromatic heterocycles. The Bertz CT molecular complexity index is 925. The number of rotatable bonds is 6. The van der Waals surface area contributed by atoms with Crippen molar-refractivity contribution in [1.82, 2.24) is 15.3 Å². The lowest BCUT2D eigenvalue weighted by molar-refractivity contribution is 0.122. The zero-order valence-electron chi connectivity index (χ0n) is 19.7. The van der Waals surface area contributed by atoms with Gasteiger partial charge in [-0.2, -0.15) is 9.97 Å². The van der Waals surface area contributed by atoms with Gasteiger partial charge >= 0.3 is 0 Å². The van der Waals surface area contributed by atoms with E-state index in [0.717, 1.165) is 49.1 Å². The number of benzene rings is 1. The molecule has 178 valence electrons. The minimum Gasteiger partial charge on any atom is -0.497 e. The zero-order valence-corrected chi connectivity index (χ0v) is 20.5. The fourth-order valence-electron chi connectivity index (χ4n) is 4.52. The SMILES string of the molecule is COc1ccc(CNC(=S)Nc2nc(N3CCOCC3)cc(N3C[C@H](C)C[C@@H](C)C3)n2)cc1. The van der Waals surface area contributed by atoms with Gasteiger partial charge in [-0.15, -0.1) is 0 Å². The summed E-state index contributed by atoms with van der Waals surface area (Å²) in [6.45, 7) is 10.3. The van der Waals surface area contributed by atoms with E-state index in [1.165, 1.54) is 6.42 Å². The fourth-order valence-corrected chi connectivity index (χ4v) is 4.68. The van der Waals surface area contributed by atoms with E-state index in [4.69, 9.17) is 31.7 Å². The van der Waals surface area contributed by atoms with E-state index in [-0.39, 0.29) is 0 Å².